The minimum absolute atomic E-state index is 0.159. The van der Waals surface area contributed by atoms with Crippen LogP contribution in [0, 0.1) is 0 Å². The maximum atomic E-state index is 11.4. The molecule has 160 valence electrons. The minimum Gasteiger partial charge on any atom is -0.463 e. The summed E-state index contributed by atoms with van der Waals surface area (Å²) in [4.78, 5) is 11.4. The van der Waals surface area contributed by atoms with Crippen LogP contribution in [0.1, 0.15) is 64.7 Å². The van der Waals surface area contributed by atoms with Crippen molar-refractivity contribution in [2.45, 2.75) is 76.9 Å². The molecule has 0 aromatic carbocycles. The van der Waals surface area contributed by atoms with Crippen LogP contribution < -0.4 is 0 Å². The van der Waals surface area contributed by atoms with E-state index in [0.29, 0.717) is 19.3 Å². The van der Waals surface area contributed by atoms with Gasteiger partial charge < -0.3 is 20.1 Å². The van der Waals surface area contributed by atoms with Gasteiger partial charge in [-0.1, -0.05) is 68.4 Å². The highest BCUT2D eigenvalue weighted by Gasteiger charge is 2.06. The second-order valence-corrected chi connectivity index (χ2v) is 6.70. The van der Waals surface area contributed by atoms with Crippen molar-refractivity contribution in [2.75, 3.05) is 13.2 Å². The van der Waals surface area contributed by atoms with Crippen LogP contribution in [-0.2, 0) is 9.53 Å². The molecule has 0 bridgehead atoms. The molecular formula is C23H38O5. The fourth-order valence-corrected chi connectivity index (χ4v) is 2.26. The summed E-state index contributed by atoms with van der Waals surface area (Å²) in [5.74, 6) is -0.361. The molecule has 28 heavy (non-hydrogen) atoms. The molecule has 5 nitrogen and oxygen atoms in total. The van der Waals surface area contributed by atoms with Crippen molar-refractivity contribution in [3.63, 3.8) is 0 Å². The number of aliphatic hydroxyl groups excluding tert-OH is 3. The molecule has 0 spiro atoms. The van der Waals surface area contributed by atoms with Gasteiger partial charge >= 0.3 is 5.97 Å². The number of ether oxygens (including phenoxy) is 1. The average Bonchev–Trinajstić information content (AvgIpc) is 2.70. The molecule has 0 rings (SSSR count). The van der Waals surface area contributed by atoms with Crippen molar-refractivity contribution in [3.8, 4) is 0 Å². The van der Waals surface area contributed by atoms with E-state index in [0.717, 1.165) is 19.3 Å². The quantitative estimate of drug-likeness (QED) is 0.150. The Labute approximate surface area is 170 Å². The van der Waals surface area contributed by atoms with E-state index in [2.05, 4.69) is 13.0 Å². The lowest BCUT2D eigenvalue weighted by Gasteiger charge is -2.07. The predicted octanol–water partition coefficient (Wildman–Crippen LogP) is 4.00. The Morgan fingerprint density at radius 2 is 1.71 bits per heavy atom. The molecule has 0 saturated heterocycles. The Morgan fingerprint density at radius 1 is 0.964 bits per heavy atom. The molecule has 0 aliphatic rings. The highest BCUT2D eigenvalue weighted by atomic mass is 16.5. The van der Waals surface area contributed by atoms with Gasteiger partial charge in [0.15, 0.2) is 0 Å². The summed E-state index contributed by atoms with van der Waals surface area (Å²) in [5, 5.41) is 27.5. The third kappa shape index (κ3) is 19.1. The summed E-state index contributed by atoms with van der Waals surface area (Å²) in [6.07, 6.45) is 22.4. The van der Waals surface area contributed by atoms with Gasteiger partial charge in [-0.3, -0.25) is 4.79 Å². The number of hydrogen-bond donors (Lipinski definition) is 3. The first kappa shape index (κ1) is 26.3. The number of carbonyl (C=O) groups excluding carboxylic acids is 1. The summed E-state index contributed by atoms with van der Waals surface area (Å²) >= 11 is 0. The van der Waals surface area contributed by atoms with Crippen LogP contribution in [0.2, 0.25) is 0 Å². The van der Waals surface area contributed by atoms with Crippen LogP contribution in [0.4, 0.5) is 0 Å². The van der Waals surface area contributed by atoms with E-state index in [4.69, 9.17) is 14.9 Å². The lowest BCUT2D eigenvalue weighted by Crippen LogP contribution is -2.21. The van der Waals surface area contributed by atoms with Crippen LogP contribution in [0.5, 0.6) is 0 Å². The van der Waals surface area contributed by atoms with Crippen molar-refractivity contribution in [3.05, 3.63) is 48.6 Å². The summed E-state index contributed by atoms with van der Waals surface area (Å²) < 4.78 is 4.82. The molecule has 0 aliphatic carbocycles. The molecule has 2 atom stereocenters. The smallest absolute Gasteiger partial charge is 0.305 e. The van der Waals surface area contributed by atoms with Gasteiger partial charge in [-0.2, -0.15) is 0 Å². The maximum absolute atomic E-state index is 11.4. The number of hydrogen-bond acceptors (Lipinski definition) is 5. The summed E-state index contributed by atoms with van der Waals surface area (Å²) in [6.45, 7) is 1.62. The van der Waals surface area contributed by atoms with Gasteiger partial charge in [0.25, 0.3) is 0 Å². The maximum Gasteiger partial charge on any atom is 0.305 e. The van der Waals surface area contributed by atoms with Crippen molar-refractivity contribution in [2.24, 2.45) is 0 Å². The highest BCUT2D eigenvalue weighted by molar-refractivity contribution is 5.69. The monoisotopic (exact) mass is 394 g/mol. The topological polar surface area (TPSA) is 87.0 Å². The van der Waals surface area contributed by atoms with Crippen LogP contribution in [-0.4, -0.2) is 46.7 Å². The molecular weight excluding hydrogens is 356 g/mol. The van der Waals surface area contributed by atoms with Crippen molar-refractivity contribution < 1.29 is 24.9 Å². The number of aliphatic hydroxyl groups is 3. The second kappa shape index (κ2) is 20.1. The fourth-order valence-electron chi connectivity index (χ4n) is 2.26. The number of allylic oxidation sites excluding steroid dienone is 6. The first-order valence-corrected chi connectivity index (χ1v) is 10.4. The van der Waals surface area contributed by atoms with Crippen molar-refractivity contribution in [1.82, 2.24) is 0 Å². The van der Waals surface area contributed by atoms with E-state index in [1.54, 1.807) is 6.08 Å². The Balaban J connectivity index is 3.66. The zero-order chi connectivity index (χ0) is 20.9. The largest absolute Gasteiger partial charge is 0.463 e. The Hall–Kier alpha value is -1.69. The lowest BCUT2D eigenvalue weighted by molar-refractivity contribution is -0.147. The van der Waals surface area contributed by atoms with Crippen LogP contribution in [0.15, 0.2) is 48.6 Å². The van der Waals surface area contributed by atoms with Crippen LogP contribution >= 0.6 is 0 Å². The molecule has 0 radical (unpaired) electrons. The van der Waals surface area contributed by atoms with E-state index in [-0.39, 0.29) is 12.6 Å². The average molecular weight is 395 g/mol. The molecule has 0 heterocycles. The fraction of sp³-hybridized carbons (Fsp3) is 0.609. The summed E-state index contributed by atoms with van der Waals surface area (Å²) in [7, 11) is 0. The first-order valence-electron chi connectivity index (χ1n) is 10.4. The van der Waals surface area contributed by atoms with E-state index < -0.39 is 18.8 Å². The normalized spacial score (nSPS) is 14.6. The zero-order valence-electron chi connectivity index (χ0n) is 17.2. The van der Waals surface area contributed by atoms with Crippen molar-refractivity contribution in [1.29, 1.82) is 0 Å². The number of rotatable bonds is 17. The van der Waals surface area contributed by atoms with E-state index in [1.807, 2.05) is 36.5 Å². The summed E-state index contributed by atoms with van der Waals surface area (Å²) in [5.41, 5.74) is 0. The third-order valence-corrected chi connectivity index (χ3v) is 3.94. The predicted molar refractivity (Wildman–Crippen MR) is 114 cm³/mol. The molecule has 0 saturated carbocycles. The number of carbonyl (C=O) groups is 1. The molecule has 3 N–H and O–H groups in total. The Kier molecular flexibility index (Phi) is 18.8. The number of unbranched alkanes of at least 4 members (excludes halogenated alkanes) is 4. The molecule has 0 fully saturated rings. The van der Waals surface area contributed by atoms with Crippen LogP contribution in [0.3, 0.4) is 0 Å². The standard InChI is InChI=1S/C23H38O5/c1-2-3-4-5-10-13-16-21(25)17-14-11-8-6-7-9-12-15-18-23(27)28-20-22(26)19-24/h7-11,13-14,17,21-22,24-26H,2-6,12,15-16,18-20H2,1H3/t21-,22?/m0/s1. The van der Waals surface area contributed by atoms with Gasteiger partial charge in [-0.15, -0.1) is 0 Å². The second-order valence-electron chi connectivity index (χ2n) is 6.70. The van der Waals surface area contributed by atoms with Gasteiger partial charge in [0.05, 0.1) is 12.7 Å². The third-order valence-electron chi connectivity index (χ3n) is 3.94. The molecule has 1 unspecified atom stereocenters. The van der Waals surface area contributed by atoms with Gasteiger partial charge in [0.1, 0.15) is 12.7 Å². The first-order chi connectivity index (χ1) is 13.6. The Morgan fingerprint density at radius 3 is 2.46 bits per heavy atom. The van der Waals surface area contributed by atoms with Gasteiger partial charge in [-0.25, -0.2) is 0 Å². The van der Waals surface area contributed by atoms with Gasteiger partial charge in [0.2, 0.25) is 0 Å². The van der Waals surface area contributed by atoms with Crippen LogP contribution in [0.25, 0.3) is 0 Å². The minimum atomic E-state index is -1.00. The van der Waals surface area contributed by atoms with E-state index >= 15 is 0 Å². The molecule has 0 amide bonds. The SMILES string of the molecule is CCCCCC=CC[C@H](O)C=CC=CCC=CCCCC(=O)OCC(O)CO. The summed E-state index contributed by atoms with van der Waals surface area (Å²) in [6, 6.07) is 0. The lowest BCUT2D eigenvalue weighted by atomic mass is 10.1. The number of esters is 1. The molecule has 0 aliphatic heterocycles. The van der Waals surface area contributed by atoms with Gasteiger partial charge in [-0.05, 0) is 38.5 Å². The molecule has 0 aromatic rings. The molecule has 5 heteroatoms. The Bertz CT molecular complexity index is 479. The van der Waals surface area contributed by atoms with E-state index in [9.17, 15) is 9.90 Å². The molecule has 0 aromatic heterocycles. The van der Waals surface area contributed by atoms with E-state index in [1.165, 1.54) is 19.3 Å². The van der Waals surface area contributed by atoms with Gasteiger partial charge in [0, 0.05) is 6.42 Å². The highest BCUT2D eigenvalue weighted by Crippen LogP contribution is 2.03. The van der Waals surface area contributed by atoms with Crippen molar-refractivity contribution >= 4 is 5.97 Å². The zero-order valence-corrected chi connectivity index (χ0v) is 17.2.